The van der Waals surface area contributed by atoms with Gasteiger partial charge in [0.15, 0.2) is 0 Å². The summed E-state index contributed by atoms with van der Waals surface area (Å²) in [4.78, 5) is 18.7. The molecule has 0 saturated carbocycles. The summed E-state index contributed by atoms with van der Waals surface area (Å²) in [5, 5.41) is 3.23. The fourth-order valence-electron chi connectivity index (χ4n) is 2.12. The first-order valence-corrected chi connectivity index (χ1v) is 7.33. The van der Waals surface area contributed by atoms with Crippen LogP contribution in [-0.4, -0.2) is 15.8 Å². The van der Waals surface area contributed by atoms with E-state index in [9.17, 15) is 4.79 Å². The molecule has 1 aromatic heterocycles. The Morgan fingerprint density at radius 2 is 2.09 bits per heavy atom. The smallest absolute Gasteiger partial charge is 0.205 e. The Morgan fingerprint density at radius 3 is 2.68 bits per heavy atom. The van der Waals surface area contributed by atoms with E-state index in [1.807, 2.05) is 43.3 Å². The average Bonchev–Trinajstić information content (AvgIpc) is 2.88. The minimum absolute atomic E-state index is 0.214. The molecule has 114 valence electrons. The number of imidazole rings is 1. The van der Waals surface area contributed by atoms with Gasteiger partial charge in [-0.15, -0.1) is 0 Å². The van der Waals surface area contributed by atoms with Gasteiger partial charge in [-0.05, 0) is 50.1 Å². The number of nitrogens with one attached hydrogen (secondary N) is 2. The van der Waals surface area contributed by atoms with Crippen LogP contribution in [0.2, 0.25) is 0 Å². The topological polar surface area (TPSA) is 57.8 Å². The van der Waals surface area contributed by atoms with Gasteiger partial charge in [-0.25, -0.2) is 4.98 Å². The highest BCUT2D eigenvalue weighted by Crippen LogP contribution is 2.18. The molecule has 0 saturated heterocycles. The molecule has 0 atom stereocenters. The Labute approximate surface area is 131 Å². The second kappa shape index (κ2) is 7.41. The fraction of sp³-hybridized carbons (Fsp3) is 0.222. The minimum Gasteiger partial charge on any atom is -0.326 e. The molecule has 0 aliphatic heterocycles. The van der Waals surface area contributed by atoms with Gasteiger partial charge in [0, 0.05) is 12.1 Å². The molecule has 0 aliphatic rings. The van der Waals surface area contributed by atoms with E-state index >= 15 is 0 Å². The largest absolute Gasteiger partial charge is 0.326 e. The van der Waals surface area contributed by atoms with E-state index in [2.05, 4.69) is 21.9 Å². The van der Waals surface area contributed by atoms with E-state index in [-0.39, 0.29) is 5.78 Å². The number of aryl methyl sites for hydroxylation is 1. The van der Waals surface area contributed by atoms with Gasteiger partial charge in [-0.2, -0.15) is 0 Å². The monoisotopic (exact) mass is 295 g/mol. The first kappa shape index (κ1) is 15.8. The molecule has 2 N–H and O–H groups in total. The zero-order valence-corrected chi connectivity index (χ0v) is 13.0. The number of aromatic amines is 1. The molecule has 0 radical (unpaired) electrons. The third kappa shape index (κ3) is 4.19. The SMILES string of the molecule is C=Cc1nc(Nc2ccc(CCC(C)=O)cc2)[nH]c1/C=C\C. The second-order valence-corrected chi connectivity index (χ2v) is 5.11. The molecule has 1 aromatic carbocycles. The van der Waals surface area contributed by atoms with Gasteiger partial charge in [0.1, 0.15) is 5.78 Å². The average molecular weight is 295 g/mol. The van der Waals surface area contributed by atoms with Crippen LogP contribution in [0.5, 0.6) is 0 Å². The van der Waals surface area contributed by atoms with E-state index < -0.39 is 0 Å². The lowest BCUT2D eigenvalue weighted by atomic mass is 10.1. The number of rotatable bonds is 7. The van der Waals surface area contributed by atoms with E-state index in [4.69, 9.17) is 0 Å². The molecule has 4 nitrogen and oxygen atoms in total. The lowest BCUT2D eigenvalue weighted by Crippen LogP contribution is -1.95. The summed E-state index contributed by atoms with van der Waals surface area (Å²) in [6.45, 7) is 7.35. The quantitative estimate of drug-likeness (QED) is 0.798. The van der Waals surface area contributed by atoms with Crippen LogP contribution >= 0.6 is 0 Å². The van der Waals surface area contributed by atoms with E-state index in [1.165, 1.54) is 0 Å². The van der Waals surface area contributed by atoms with Crippen molar-refractivity contribution in [1.29, 1.82) is 0 Å². The van der Waals surface area contributed by atoms with Gasteiger partial charge in [-0.3, -0.25) is 0 Å². The number of nitrogens with zero attached hydrogens (tertiary/aromatic N) is 1. The summed E-state index contributed by atoms with van der Waals surface area (Å²) in [5.41, 5.74) is 3.85. The van der Waals surface area contributed by atoms with Crippen molar-refractivity contribution < 1.29 is 4.79 Å². The highest BCUT2D eigenvalue weighted by Gasteiger charge is 2.05. The van der Waals surface area contributed by atoms with Crippen LogP contribution in [0.25, 0.3) is 12.2 Å². The molecule has 0 bridgehead atoms. The fourth-order valence-corrected chi connectivity index (χ4v) is 2.12. The number of H-pyrrole nitrogens is 1. The molecule has 0 aliphatic carbocycles. The van der Waals surface area contributed by atoms with Crippen LogP contribution in [0.1, 0.15) is 37.2 Å². The first-order valence-electron chi connectivity index (χ1n) is 7.33. The standard InChI is InChI=1S/C18H21N3O/c1-4-6-17-16(5-2)20-18(21-17)19-15-11-9-14(10-12-15)8-7-13(3)22/h4-6,9-12H,2,7-8H2,1,3H3,(H2,19,20,21)/b6-4-. The van der Waals surface area contributed by atoms with Crippen LogP contribution in [-0.2, 0) is 11.2 Å². The van der Waals surface area contributed by atoms with Gasteiger partial charge >= 0.3 is 0 Å². The molecule has 0 fully saturated rings. The highest BCUT2D eigenvalue weighted by molar-refractivity contribution is 5.75. The molecule has 2 rings (SSSR count). The number of carbonyl (C=O) groups excluding carboxylic acids is 1. The molecule has 0 unspecified atom stereocenters. The normalized spacial score (nSPS) is 10.8. The van der Waals surface area contributed by atoms with Crippen LogP contribution in [0.3, 0.4) is 0 Å². The van der Waals surface area contributed by atoms with Crippen molar-refractivity contribution >= 4 is 29.6 Å². The number of hydrogen-bond acceptors (Lipinski definition) is 3. The zero-order valence-electron chi connectivity index (χ0n) is 13.0. The summed E-state index contributed by atoms with van der Waals surface area (Å²) < 4.78 is 0. The van der Waals surface area contributed by atoms with E-state index in [0.717, 1.165) is 29.1 Å². The lowest BCUT2D eigenvalue weighted by Gasteiger charge is -2.04. The summed E-state index contributed by atoms with van der Waals surface area (Å²) in [5.74, 6) is 0.894. The molecule has 2 aromatic rings. The third-order valence-corrected chi connectivity index (χ3v) is 3.27. The molecule has 0 spiro atoms. The molecular formula is C18H21N3O. The maximum Gasteiger partial charge on any atom is 0.205 e. The third-order valence-electron chi connectivity index (χ3n) is 3.27. The Morgan fingerprint density at radius 1 is 1.36 bits per heavy atom. The summed E-state index contributed by atoms with van der Waals surface area (Å²) in [6.07, 6.45) is 7.00. The Balaban J connectivity index is 2.07. The first-order chi connectivity index (χ1) is 10.6. The molecule has 4 heteroatoms. The predicted octanol–water partition coefficient (Wildman–Crippen LogP) is 4.35. The van der Waals surface area contributed by atoms with Gasteiger partial charge < -0.3 is 15.1 Å². The van der Waals surface area contributed by atoms with Crippen molar-refractivity contribution in [2.24, 2.45) is 0 Å². The van der Waals surface area contributed by atoms with Crippen LogP contribution < -0.4 is 5.32 Å². The number of allylic oxidation sites excluding steroid dienone is 1. The van der Waals surface area contributed by atoms with Gasteiger partial charge in [0.2, 0.25) is 5.95 Å². The Bertz CT molecular complexity index is 681. The summed E-state index contributed by atoms with van der Waals surface area (Å²) in [6, 6.07) is 8.02. The number of aromatic nitrogens is 2. The Kier molecular flexibility index (Phi) is 5.31. The number of anilines is 2. The number of Topliss-reactive ketones (excluding diaryl/α,β-unsaturated/α-hetero) is 1. The number of benzene rings is 1. The number of ketones is 1. The second-order valence-electron chi connectivity index (χ2n) is 5.11. The van der Waals surface area contributed by atoms with E-state index in [0.29, 0.717) is 12.4 Å². The predicted molar refractivity (Wildman–Crippen MR) is 92.1 cm³/mol. The summed E-state index contributed by atoms with van der Waals surface area (Å²) >= 11 is 0. The number of carbonyl (C=O) groups is 1. The maximum atomic E-state index is 11.0. The lowest BCUT2D eigenvalue weighted by molar-refractivity contribution is -0.116. The summed E-state index contributed by atoms with van der Waals surface area (Å²) in [7, 11) is 0. The van der Waals surface area contributed by atoms with Crippen LogP contribution in [0.15, 0.2) is 36.9 Å². The molecular weight excluding hydrogens is 274 g/mol. The van der Waals surface area contributed by atoms with Crippen LogP contribution in [0.4, 0.5) is 11.6 Å². The van der Waals surface area contributed by atoms with Crippen molar-refractivity contribution in [3.8, 4) is 0 Å². The number of hydrogen-bond donors (Lipinski definition) is 2. The van der Waals surface area contributed by atoms with Crippen molar-refractivity contribution in [2.75, 3.05) is 5.32 Å². The Hall–Kier alpha value is -2.62. The minimum atomic E-state index is 0.214. The molecule has 1 heterocycles. The van der Waals surface area contributed by atoms with Crippen LogP contribution in [0, 0.1) is 0 Å². The van der Waals surface area contributed by atoms with Gasteiger partial charge in [0.25, 0.3) is 0 Å². The zero-order chi connectivity index (χ0) is 15.9. The van der Waals surface area contributed by atoms with Gasteiger partial charge in [0.05, 0.1) is 11.4 Å². The van der Waals surface area contributed by atoms with Crippen molar-refractivity contribution in [2.45, 2.75) is 26.7 Å². The van der Waals surface area contributed by atoms with E-state index in [1.54, 1.807) is 13.0 Å². The maximum absolute atomic E-state index is 11.0. The van der Waals surface area contributed by atoms with Gasteiger partial charge in [-0.1, -0.05) is 24.8 Å². The highest BCUT2D eigenvalue weighted by atomic mass is 16.1. The molecule has 22 heavy (non-hydrogen) atoms. The van der Waals surface area contributed by atoms with Crippen molar-refractivity contribution in [1.82, 2.24) is 9.97 Å². The van der Waals surface area contributed by atoms with Crippen molar-refractivity contribution in [3.63, 3.8) is 0 Å². The molecule has 0 amide bonds. The van der Waals surface area contributed by atoms with Crippen molar-refractivity contribution in [3.05, 3.63) is 53.9 Å².